The number of pyridine rings is 1. The first-order valence-electron chi connectivity index (χ1n) is 8.52. The molecule has 0 saturated heterocycles. The van der Waals surface area contributed by atoms with Crippen LogP contribution in [0.1, 0.15) is 44.7 Å². The zero-order valence-electron chi connectivity index (χ0n) is 15.4. The molecule has 27 heavy (non-hydrogen) atoms. The molecule has 0 atom stereocenters. The second-order valence-corrected chi connectivity index (χ2v) is 5.92. The Balaban J connectivity index is 1.94. The Kier molecular flexibility index (Phi) is 5.40. The average molecular weight is 365 g/mol. The molecule has 7 nitrogen and oxygen atoms in total. The maximum Gasteiger partial charge on any atom is 0.358 e. The van der Waals surface area contributed by atoms with Crippen LogP contribution in [0.5, 0.6) is 0 Å². The zero-order chi connectivity index (χ0) is 19.4. The van der Waals surface area contributed by atoms with E-state index < -0.39 is 11.9 Å². The molecule has 2 heterocycles. The van der Waals surface area contributed by atoms with E-state index in [1.165, 1.54) is 12.4 Å². The Labute approximate surface area is 156 Å². The van der Waals surface area contributed by atoms with Crippen LogP contribution in [0.4, 0.5) is 0 Å². The second kappa shape index (κ2) is 7.90. The van der Waals surface area contributed by atoms with Crippen molar-refractivity contribution in [3.8, 4) is 0 Å². The number of ether oxygens (including phenoxy) is 2. The van der Waals surface area contributed by atoms with Crippen molar-refractivity contribution in [1.29, 1.82) is 0 Å². The molecule has 0 spiro atoms. The van der Waals surface area contributed by atoms with Gasteiger partial charge in [0.1, 0.15) is 6.61 Å². The smallest absolute Gasteiger partial charge is 0.358 e. The van der Waals surface area contributed by atoms with E-state index >= 15 is 0 Å². The average Bonchev–Trinajstić information content (AvgIpc) is 2.67. The molecule has 3 rings (SSSR count). The Bertz CT molecular complexity index is 1000. The van der Waals surface area contributed by atoms with Crippen LogP contribution in [0, 0.1) is 13.8 Å². The molecule has 0 unspecified atom stereocenters. The van der Waals surface area contributed by atoms with Gasteiger partial charge in [-0.2, -0.15) is 0 Å². The molecular weight excluding hydrogens is 346 g/mol. The van der Waals surface area contributed by atoms with Crippen molar-refractivity contribution in [2.24, 2.45) is 0 Å². The molecule has 0 radical (unpaired) electrons. The summed E-state index contributed by atoms with van der Waals surface area (Å²) < 4.78 is 10.5. The summed E-state index contributed by atoms with van der Waals surface area (Å²) in [4.78, 5) is 37.2. The van der Waals surface area contributed by atoms with Crippen LogP contribution in [0.25, 0.3) is 10.9 Å². The summed E-state index contributed by atoms with van der Waals surface area (Å²) >= 11 is 0. The fourth-order valence-electron chi connectivity index (χ4n) is 2.73. The monoisotopic (exact) mass is 365 g/mol. The highest BCUT2D eigenvalue weighted by Crippen LogP contribution is 2.24. The van der Waals surface area contributed by atoms with Crippen molar-refractivity contribution in [1.82, 2.24) is 15.0 Å². The third-order valence-corrected chi connectivity index (χ3v) is 4.04. The minimum absolute atomic E-state index is 0.0933. The van der Waals surface area contributed by atoms with E-state index in [4.69, 9.17) is 9.47 Å². The van der Waals surface area contributed by atoms with Crippen LogP contribution >= 0.6 is 0 Å². The summed E-state index contributed by atoms with van der Waals surface area (Å²) in [6.45, 7) is 5.40. The number of aryl methyl sites for hydroxylation is 2. The van der Waals surface area contributed by atoms with Crippen molar-refractivity contribution in [3.05, 3.63) is 64.9 Å². The van der Waals surface area contributed by atoms with Gasteiger partial charge in [-0.25, -0.2) is 19.6 Å². The normalized spacial score (nSPS) is 10.6. The fraction of sp³-hybridized carbons (Fsp3) is 0.250. The van der Waals surface area contributed by atoms with Crippen molar-refractivity contribution >= 4 is 22.8 Å². The van der Waals surface area contributed by atoms with Crippen LogP contribution < -0.4 is 0 Å². The summed E-state index contributed by atoms with van der Waals surface area (Å²) in [7, 11) is 0. The van der Waals surface area contributed by atoms with E-state index in [0.717, 1.165) is 10.9 Å². The lowest BCUT2D eigenvalue weighted by molar-refractivity contribution is 0.0438. The minimum atomic E-state index is -0.634. The first kappa shape index (κ1) is 18.4. The Morgan fingerprint density at radius 2 is 1.78 bits per heavy atom. The van der Waals surface area contributed by atoms with Gasteiger partial charge < -0.3 is 9.47 Å². The standard InChI is InChI=1S/C20H19N3O4/c1-4-26-20(25)18-13(3)14-7-5-6-8-15(14)23-17(18)11-27-19(24)16-10-21-12(2)9-22-16/h5-10H,4,11H2,1-3H3. The minimum Gasteiger partial charge on any atom is -0.462 e. The molecule has 2 aromatic heterocycles. The summed E-state index contributed by atoms with van der Waals surface area (Å²) in [5.41, 5.74) is 2.90. The van der Waals surface area contributed by atoms with E-state index in [2.05, 4.69) is 15.0 Å². The summed E-state index contributed by atoms with van der Waals surface area (Å²) in [5, 5.41) is 0.847. The lowest BCUT2D eigenvalue weighted by atomic mass is 10.0. The third-order valence-electron chi connectivity index (χ3n) is 4.04. The van der Waals surface area contributed by atoms with Gasteiger partial charge in [-0.1, -0.05) is 18.2 Å². The molecule has 0 fully saturated rings. The Hall–Kier alpha value is -3.35. The number of fused-ring (bicyclic) bond motifs is 1. The number of carbonyl (C=O) groups is 2. The third kappa shape index (κ3) is 3.92. The van der Waals surface area contributed by atoms with Gasteiger partial charge >= 0.3 is 11.9 Å². The zero-order valence-corrected chi connectivity index (χ0v) is 15.4. The number of hydrogen-bond acceptors (Lipinski definition) is 7. The fourth-order valence-corrected chi connectivity index (χ4v) is 2.73. The van der Waals surface area contributed by atoms with Crippen molar-refractivity contribution in [3.63, 3.8) is 0 Å². The van der Waals surface area contributed by atoms with E-state index in [-0.39, 0.29) is 18.9 Å². The molecular formula is C20H19N3O4. The van der Waals surface area contributed by atoms with Crippen LogP contribution in [0.3, 0.4) is 0 Å². The number of nitrogens with zero attached hydrogens (tertiary/aromatic N) is 3. The number of rotatable bonds is 5. The Morgan fingerprint density at radius 1 is 1.00 bits per heavy atom. The summed E-state index contributed by atoms with van der Waals surface area (Å²) in [5.74, 6) is -1.13. The summed E-state index contributed by atoms with van der Waals surface area (Å²) in [6.07, 6.45) is 2.84. The Morgan fingerprint density at radius 3 is 2.48 bits per heavy atom. The quantitative estimate of drug-likeness (QED) is 0.641. The van der Waals surface area contributed by atoms with Gasteiger partial charge in [0.05, 0.1) is 35.3 Å². The molecule has 7 heteroatoms. The number of para-hydroxylation sites is 1. The lowest BCUT2D eigenvalue weighted by Crippen LogP contribution is -2.15. The van der Waals surface area contributed by atoms with E-state index in [0.29, 0.717) is 22.5 Å². The maximum absolute atomic E-state index is 12.5. The maximum atomic E-state index is 12.5. The number of aromatic nitrogens is 3. The largest absolute Gasteiger partial charge is 0.462 e. The number of hydrogen-bond donors (Lipinski definition) is 0. The number of benzene rings is 1. The molecule has 0 aliphatic rings. The van der Waals surface area contributed by atoms with Gasteiger partial charge in [0, 0.05) is 11.6 Å². The summed E-state index contributed by atoms with van der Waals surface area (Å²) in [6, 6.07) is 7.46. The highest BCUT2D eigenvalue weighted by molar-refractivity contribution is 5.98. The predicted molar refractivity (Wildman–Crippen MR) is 98.3 cm³/mol. The van der Waals surface area contributed by atoms with Gasteiger partial charge in [-0.15, -0.1) is 0 Å². The molecule has 0 aliphatic heterocycles. The second-order valence-electron chi connectivity index (χ2n) is 5.92. The van der Waals surface area contributed by atoms with Gasteiger partial charge in [-0.05, 0) is 32.4 Å². The molecule has 0 aliphatic carbocycles. The van der Waals surface area contributed by atoms with Gasteiger partial charge in [-0.3, -0.25) is 4.98 Å². The number of esters is 2. The molecule has 0 bridgehead atoms. The van der Waals surface area contributed by atoms with Crippen molar-refractivity contribution in [2.75, 3.05) is 6.61 Å². The molecule has 3 aromatic rings. The van der Waals surface area contributed by atoms with Crippen LogP contribution in [0.15, 0.2) is 36.7 Å². The van der Waals surface area contributed by atoms with Gasteiger partial charge in [0.2, 0.25) is 0 Å². The van der Waals surface area contributed by atoms with E-state index in [1.54, 1.807) is 13.8 Å². The topological polar surface area (TPSA) is 91.3 Å². The predicted octanol–water partition coefficient (Wildman–Crippen LogP) is 3.18. The highest BCUT2D eigenvalue weighted by atomic mass is 16.5. The molecule has 0 saturated carbocycles. The lowest BCUT2D eigenvalue weighted by Gasteiger charge is -2.14. The first-order valence-corrected chi connectivity index (χ1v) is 8.52. The van der Waals surface area contributed by atoms with Crippen molar-refractivity contribution in [2.45, 2.75) is 27.4 Å². The first-order chi connectivity index (χ1) is 13.0. The number of carbonyl (C=O) groups excluding carboxylic acids is 2. The molecule has 0 amide bonds. The molecule has 1 aromatic carbocycles. The van der Waals surface area contributed by atoms with Gasteiger partial charge in [0.15, 0.2) is 5.69 Å². The van der Waals surface area contributed by atoms with Gasteiger partial charge in [0.25, 0.3) is 0 Å². The van der Waals surface area contributed by atoms with E-state index in [9.17, 15) is 9.59 Å². The van der Waals surface area contributed by atoms with Crippen LogP contribution in [0.2, 0.25) is 0 Å². The van der Waals surface area contributed by atoms with E-state index in [1.807, 2.05) is 31.2 Å². The van der Waals surface area contributed by atoms with Crippen LogP contribution in [-0.2, 0) is 16.1 Å². The SMILES string of the molecule is CCOC(=O)c1c(COC(=O)c2cnc(C)cn2)nc2ccccc2c1C. The highest BCUT2D eigenvalue weighted by Gasteiger charge is 2.21. The molecule has 0 N–H and O–H groups in total. The van der Waals surface area contributed by atoms with Crippen LogP contribution in [-0.4, -0.2) is 33.5 Å². The van der Waals surface area contributed by atoms with Crippen molar-refractivity contribution < 1.29 is 19.1 Å². The molecule has 138 valence electrons.